The number of carbonyl (C=O) groups excluding carboxylic acids is 2. The van der Waals surface area contributed by atoms with Gasteiger partial charge < -0.3 is 15.0 Å². The van der Waals surface area contributed by atoms with E-state index in [0.717, 1.165) is 15.4 Å². The molecule has 1 atom stereocenters. The van der Waals surface area contributed by atoms with Gasteiger partial charge in [-0.1, -0.05) is 96.0 Å². The molecular formula is C40H40ClN3O5S. The maximum absolute atomic E-state index is 14.7. The first-order valence-electron chi connectivity index (χ1n) is 16.3. The summed E-state index contributed by atoms with van der Waals surface area (Å²) < 4.78 is 35.7. The second kappa shape index (κ2) is 16.5. The zero-order valence-corrected chi connectivity index (χ0v) is 29.8. The molecule has 0 aliphatic heterocycles. The summed E-state index contributed by atoms with van der Waals surface area (Å²) in [5, 5.41) is 3.38. The quantitative estimate of drug-likeness (QED) is 0.127. The van der Waals surface area contributed by atoms with Gasteiger partial charge >= 0.3 is 0 Å². The fraction of sp³-hybridized carbons (Fsp3) is 0.200. The number of anilines is 1. The summed E-state index contributed by atoms with van der Waals surface area (Å²) in [6.45, 7) is 4.95. The fourth-order valence-electron chi connectivity index (χ4n) is 5.42. The molecule has 5 rings (SSSR count). The molecule has 0 aliphatic rings. The van der Waals surface area contributed by atoms with Crippen LogP contribution in [-0.4, -0.2) is 43.8 Å². The average Bonchev–Trinajstić information content (AvgIpc) is 3.10. The van der Waals surface area contributed by atoms with E-state index in [-0.39, 0.29) is 35.5 Å². The summed E-state index contributed by atoms with van der Waals surface area (Å²) in [5.41, 5.74) is 2.60. The number of benzene rings is 5. The highest BCUT2D eigenvalue weighted by molar-refractivity contribution is 7.92. The second-order valence-corrected chi connectivity index (χ2v) is 14.5. The fourth-order valence-corrected chi connectivity index (χ4v) is 7.03. The number of halogens is 1. The summed E-state index contributed by atoms with van der Waals surface area (Å²) in [6.07, 6.45) is 0.200. The lowest BCUT2D eigenvalue weighted by Crippen LogP contribution is -2.54. The van der Waals surface area contributed by atoms with Crippen LogP contribution in [0.4, 0.5) is 5.69 Å². The maximum Gasteiger partial charge on any atom is 0.264 e. The van der Waals surface area contributed by atoms with Crippen LogP contribution in [0.1, 0.15) is 30.5 Å². The predicted molar refractivity (Wildman–Crippen MR) is 198 cm³/mol. The van der Waals surface area contributed by atoms with Crippen LogP contribution in [0, 0.1) is 6.92 Å². The van der Waals surface area contributed by atoms with Gasteiger partial charge in [-0.05, 0) is 86.5 Å². The minimum absolute atomic E-state index is 0.0240. The number of hydrogen-bond donors (Lipinski definition) is 1. The van der Waals surface area contributed by atoms with Gasteiger partial charge in [0.15, 0.2) is 0 Å². The Kier molecular flexibility index (Phi) is 12.0. The Balaban J connectivity index is 1.56. The van der Waals surface area contributed by atoms with Crippen molar-refractivity contribution in [3.63, 3.8) is 0 Å². The maximum atomic E-state index is 14.7. The van der Waals surface area contributed by atoms with Crippen molar-refractivity contribution in [3.8, 4) is 11.5 Å². The van der Waals surface area contributed by atoms with E-state index in [9.17, 15) is 18.0 Å². The van der Waals surface area contributed by atoms with Gasteiger partial charge in [0.25, 0.3) is 10.0 Å². The molecule has 10 heteroatoms. The van der Waals surface area contributed by atoms with Crippen LogP contribution in [-0.2, 0) is 32.6 Å². The van der Waals surface area contributed by atoms with E-state index in [1.54, 1.807) is 60.7 Å². The first-order valence-corrected chi connectivity index (χ1v) is 18.1. The summed E-state index contributed by atoms with van der Waals surface area (Å²) in [5.74, 6) is 0.177. The van der Waals surface area contributed by atoms with Crippen LogP contribution in [0.5, 0.6) is 11.5 Å². The standard InChI is InChI=1S/C40H40ClN3O5S/c1-29(2)42-40(46)38(26-31-12-6-4-7-13-31)43(27-32-14-10-11-17-37(32)41)39(45)28-44(50(47,48)36-24-18-30(3)19-25-36)33-20-22-35(23-21-33)49-34-15-8-5-9-16-34/h4-25,29,38H,26-28H2,1-3H3,(H,42,46)/t38-/m0/s1. The molecule has 50 heavy (non-hydrogen) atoms. The minimum atomic E-state index is -4.26. The molecule has 0 bridgehead atoms. The Hall–Kier alpha value is -5.12. The molecule has 0 heterocycles. The lowest BCUT2D eigenvalue weighted by molar-refractivity contribution is -0.140. The topological polar surface area (TPSA) is 96.0 Å². The predicted octanol–water partition coefficient (Wildman–Crippen LogP) is 7.80. The Morgan fingerprint density at radius 2 is 1.34 bits per heavy atom. The molecular weight excluding hydrogens is 670 g/mol. The Bertz CT molecular complexity index is 1990. The number of carbonyl (C=O) groups is 2. The van der Waals surface area contributed by atoms with Crippen molar-refractivity contribution >= 4 is 39.1 Å². The third-order valence-corrected chi connectivity index (χ3v) is 10.1. The van der Waals surface area contributed by atoms with E-state index in [4.69, 9.17) is 16.3 Å². The molecule has 0 unspecified atom stereocenters. The van der Waals surface area contributed by atoms with Crippen LogP contribution < -0.4 is 14.4 Å². The lowest BCUT2D eigenvalue weighted by atomic mass is 10.0. The van der Waals surface area contributed by atoms with E-state index in [1.807, 2.05) is 81.4 Å². The Morgan fingerprint density at radius 1 is 0.760 bits per heavy atom. The SMILES string of the molecule is Cc1ccc(S(=O)(=O)N(CC(=O)N(Cc2ccccc2Cl)[C@@H](Cc2ccccc2)C(=O)NC(C)C)c2ccc(Oc3ccccc3)cc2)cc1. The number of rotatable bonds is 14. The highest BCUT2D eigenvalue weighted by Gasteiger charge is 2.35. The summed E-state index contributed by atoms with van der Waals surface area (Å²) >= 11 is 6.58. The monoisotopic (exact) mass is 709 g/mol. The molecule has 0 spiro atoms. The number of para-hydroxylation sites is 1. The van der Waals surface area contributed by atoms with Crippen molar-refractivity contribution in [2.45, 2.75) is 50.7 Å². The van der Waals surface area contributed by atoms with Gasteiger partial charge in [-0.2, -0.15) is 0 Å². The molecule has 1 N–H and O–H groups in total. The third-order valence-electron chi connectivity index (χ3n) is 7.99. The first kappa shape index (κ1) is 36.2. The molecule has 5 aromatic carbocycles. The van der Waals surface area contributed by atoms with Gasteiger partial charge in [0, 0.05) is 24.0 Å². The van der Waals surface area contributed by atoms with E-state index < -0.39 is 28.5 Å². The normalized spacial score (nSPS) is 11.9. The van der Waals surface area contributed by atoms with Crippen molar-refractivity contribution in [1.29, 1.82) is 0 Å². The number of aryl methyl sites for hydroxylation is 1. The van der Waals surface area contributed by atoms with Crippen LogP contribution in [0.2, 0.25) is 5.02 Å². The average molecular weight is 710 g/mol. The number of ether oxygens (including phenoxy) is 1. The molecule has 0 radical (unpaired) electrons. The van der Waals surface area contributed by atoms with E-state index in [0.29, 0.717) is 22.1 Å². The zero-order valence-electron chi connectivity index (χ0n) is 28.2. The zero-order chi connectivity index (χ0) is 35.7. The molecule has 2 amide bonds. The van der Waals surface area contributed by atoms with Crippen LogP contribution in [0.15, 0.2) is 138 Å². The van der Waals surface area contributed by atoms with Crippen molar-refractivity contribution in [3.05, 3.63) is 155 Å². The molecule has 0 saturated heterocycles. The molecule has 0 fully saturated rings. The third kappa shape index (κ3) is 9.31. The number of nitrogens with zero attached hydrogens (tertiary/aromatic N) is 2. The Morgan fingerprint density at radius 3 is 1.96 bits per heavy atom. The van der Waals surface area contributed by atoms with Gasteiger partial charge in [0.05, 0.1) is 10.6 Å². The first-order chi connectivity index (χ1) is 24.0. The smallest absolute Gasteiger partial charge is 0.264 e. The molecule has 258 valence electrons. The van der Waals surface area contributed by atoms with Crippen molar-refractivity contribution in [1.82, 2.24) is 10.2 Å². The lowest BCUT2D eigenvalue weighted by Gasteiger charge is -2.34. The van der Waals surface area contributed by atoms with Crippen LogP contribution in [0.3, 0.4) is 0 Å². The minimum Gasteiger partial charge on any atom is -0.457 e. The van der Waals surface area contributed by atoms with E-state index >= 15 is 0 Å². The van der Waals surface area contributed by atoms with Gasteiger partial charge in [0.1, 0.15) is 24.1 Å². The molecule has 0 saturated carbocycles. The number of hydrogen-bond acceptors (Lipinski definition) is 5. The number of sulfonamides is 1. The van der Waals surface area contributed by atoms with Crippen molar-refractivity contribution in [2.75, 3.05) is 10.8 Å². The highest BCUT2D eigenvalue weighted by atomic mass is 35.5. The molecule has 8 nitrogen and oxygen atoms in total. The van der Waals surface area contributed by atoms with Gasteiger partial charge in [-0.3, -0.25) is 13.9 Å². The second-order valence-electron chi connectivity index (χ2n) is 12.2. The van der Waals surface area contributed by atoms with Crippen molar-refractivity contribution in [2.24, 2.45) is 0 Å². The summed E-state index contributed by atoms with van der Waals surface area (Å²) in [7, 11) is -4.26. The number of nitrogens with one attached hydrogen (secondary N) is 1. The van der Waals surface area contributed by atoms with E-state index in [1.165, 1.54) is 17.0 Å². The van der Waals surface area contributed by atoms with Gasteiger partial charge in [-0.25, -0.2) is 8.42 Å². The van der Waals surface area contributed by atoms with Crippen LogP contribution in [0.25, 0.3) is 0 Å². The van der Waals surface area contributed by atoms with Crippen LogP contribution >= 0.6 is 11.6 Å². The van der Waals surface area contributed by atoms with E-state index in [2.05, 4.69) is 5.32 Å². The molecule has 0 aromatic heterocycles. The van der Waals surface area contributed by atoms with Crippen molar-refractivity contribution < 1.29 is 22.7 Å². The van der Waals surface area contributed by atoms with Gasteiger partial charge in [0.2, 0.25) is 11.8 Å². The molecule has 0 aliphatic carbocycles. The highest BCUT2D eigenvalue weighted by Crippen LogP contribution is 2.29. The Labute approximate surface area is 299 Å². The van der Waals surface area contributed by atoms with Gasteiger partial charge in [-0.15, -0.1) is 0 Å². The summed E-state index contributed by atoms with van der Waals surface area (Å²) in [6, 6.07) is 37.5. The largest absolute Gasteiger partial charge is 0.457 e. The summed E-state index contributed by atoms with van der Waals surface area (Å²) in [4.78, 5) is 30.0. The molecule has 5 aromatic rings. The number of amides is 2.